The Morgan fingerprint density at radius 2 is 1.96 bits per heavy atom. The molecule has 0 saturated carbocycles. The second-order valence-electron chi connectivity index (χ2n) is 6.10. The average molecular weight is 398 g/mol. The van der Waals surface area contributed by atoms with Crippen LogP contribution in [0.25, 0.3) is 0 Å². The van der Waals surface area contributed by atoms with Crippen molar-refractivity contribution >= 4 is 22.8 Å². The molecule has 0 radical (unpaired) electrons. The van der Waals surface area contributed by atoms with Gasteiger partial charge in [-0.05, 0) is 25.5 Å². The fraction of sp³-hybridized carbons (Fsp3) is 0.556. The van der Waals surface area contributed by atoms with Crippen molar-refractivity contribution in [3.63, 3.8) is 0 Å². The molecule has 0 spiro atoms. The van der Waals surface area contributed by atoms with Crippen LogP contribution in [0, 0.1) is 0 Å². The number of nitrogens with zero attached hydrogens (tertiary/aromatic N) is 1. The van der Waals surface area contributed by atoms with Gasteiger partial charge < -0.3 is 34.3 Å². The van der Waals surface area contributed by atoms with Gasteiger partial charge in [0, 0.05) is 30.6 Å². The quantitative estimate of drug-likeness (QED) is 0.479. The molecule has 8 nitrogen and oxygen atoms in total. The van der Waals surface area contributed by atoms with Gasteiger partial charge in [0.05, 0.1) is 25.8 Å². The van der Waals surface area contributed by atoms with Crippen molar-refractivity contribution in [1.82, 2.24) is 0 Å². The molecule has 1 aliphatic rings. The Balaban J connectivity index is 1.76. The summed E-state index contributed by atoms with van der Waals surface area (Å²) < 4.78 is 16.1. The maximum Gasteiger partial charge on any atom is 0.129 e. The Bertz CT molecular complexity index is 667. The highest BCUT2D eigenvalue weighted by Gasteiger charge is 2.33. The Kier molecular flexibility index (Phi) is 8.36. The van der Waals surface area contributed by atoms with Crippen LogP contribution in [0.5, 0.6) is 11.5 Å². The molecule has 0 unspecified atom stereocenters. The van der Waals surface area contributed by atoms with Gasteiger partial charge in [-0.1, -0.05) is 0 Å². The summed E-state index contributed by atoms with van der Waals surface area (Å²) in [6.45, 7) is 3.70. The lowest BCUT2D eigenvalue weighted by molar-refractivity contribution is -0.311. The minimum absolute atomic E-state index is 0.0282. The highest BCUT2D eigenvalue weighted by Crippen LogP contribution is 2.35. The topological polar surface area (TPSA) is 121 Å². The largest absolute Gasteiger partial charge is 0.547 e. The van der Waals surface area contributed by atoms with E-state index >= 15 is 0 Å². The second kappa shape index (κ2) is 10.5. The zero-order chi connectivity index (χ0) is 19.7. The number of carboxylic acids is 1. The molecule has 1 aromatic carbocycles. The number of rotatable bonds is 12. The van der Waals surface area contributed by atoms with Gasteiger partial charge in [0.1, 0.15) is 28.7 Å². The minimum Gasteiger partial charge on any atom is -0.547 e. The number of carbonyl (C=O) groups is 1. The number of thioether (sulfide) groups is 1. The van der Waals surface area contributed by atoms with Gasteiger partial charge in [-0.3, -0.25) is 4.99 Å². The lowest BCUT2D eigenvalue weighted by Crippen LogP contribution is -2.45. The van der Waals surface area contributed by atoms with E-state index in [4.69, 9.17) is 19.3 Å². The first-order valence-electron chi connectivity index (χ1n) is 8.63. The normalized spacial score (nSPS) is 19.1. The molecule has 27 heavy (non-hydrogen) atoms. The molecule has 1 atom stereocenters. The van der Waals surface area contributed by atoms with Crippen molar-refractivity contribution in [2.45, 2.75) is 18.9 Å². The number of aliphatic hydroxyl groups is 1. The summed E-state index contributed by atoms with van der Waals surface area (Å²) in [5.41, 5.74) is -0.811. The monoisotopic (exact) mass is 398 g/mol. The van der Waals surface area contributed by atoms with Crippen LogP contribution in [-0.4, -0.2) is 72.2 Å². The molecule has 150 valence electrons. The van der Waals surface area contributed by atoms with Crippen molar-refractivity contribution in [1.29, 1.82) is 0 Å². The summed E-state index contributed by atoms with van der Waals surface area (Å²) in [7, 11) is 0. The Morgan fingerprint density at radius 1 is 1.26 bits per heavy atom. The van der Waals surface area contributed by atoms with Crippen molar-refractivity contribution < 1.29 is 34.3 Å². The predicted octanol–water partition coefficient (Wildman–Crippen LogP) is 0.189. The van der Waals surface area contributed by atoms with Gasteiger partial charge in [-0.2, -0.15) is 0 Å². The van der Waals surface area contributed by atoms with E-state index in [0.29, 0.717) is 55.8 Å². The van der Waals surface area contributed by atoms with E-state index in [-0.39, 0.29) is 18.1 Å². The van der Waals surface area contributed by atoms with Crippen LogP contribution in [0.3, 0.4) is 0 Å². The summed E-state index contributed by atoms with van der Waals surface area (Å²) in [5, 5.41) is 30.4. The van der Waals surface area contributed by atoms with Gasteiger partial charge in [-0.15, -0.1) is 11.8 Å². The van der Waals surface area contributed by atoms with Crippen LogP contribution >= 0.6 is 11.8 Å². The summed E-state index contributed by atoms with van der Waals surface area (Å²) in [6, 6.07) is 4.79. The second-order valence-corrected chi connectivity index (χ2v) is 7.06. The molecule has 0 saturated heterocycles. The van der Waals surface area contributed by atoms with Crippen LogP contribution in [-0.2, 0) is 14.3 Å². The molecule has 1 heterocycles. The number of aromatic hydroxyl groups is 1. The summed E-state index contributed by atoms with van der Waals surface area (Å²) in [6.07, 6.45) is 0.611. The van der Waals surface area contributed by atoms with Gasteiger partial charge >= 0.3 is 0 Å². The van der Waals surface area contributed by atoms with Crippen LogP contribution < -0.4 is 9.84 Å². The third-order valence-electron chi connectivity index (χ3n) is 3.79. The van der Waals surface area contributed by atoms with Crippen molar-refractivity contribution in [3.05, 3.63) is 23.8 Å². The van der Waals surface area contributed by atoms with Crippen LogP contribution in [0.1, 0.15) is 18.9 Å². The van der Waals surface area contributed by atoms with Gasteiger partial charge in [0.25, 0.3) is 0 Å². The summed E-state index contributed by atoms with van der Waals surface area (Å²) in [5.74, 6) is -0.517. The zero-order valence-electron chi connectivity index (χ0n) is 15.2. The van der Waals surface area contributed by atoms with Gasteiger partial charge in [0.15, 0.2) is 0 Å². The van der Waals surface area contributed by atoms with E-state index in [1.54, 1.807) is 12.1 Å². The first-order chi connectivity index (χ1) is 13.0. The number of phenols is 1. The molecular weight excluding hydrogens is 374 g/mol. The third kappa shape index (κ3) is 6.39. The molecule has 1 aromatic rings. The predicted molar refractivity (Wildman–Crippen MR) is 99.3 cm³/mol. The minimum atomic E-state index is -1.28. The molecule has 0 aromatic heterocycles. The first-order valence-corrected chi connectivity index (χ1v) is 9.61. The number of hydrogen-bond donors (Lipinski definition) is 2. The Morgan fingerprint density at radius 3 is 2.59 bits per heavy atom. The van der Waals surface area contributed by atoms with Crippen LogP contribution in [0.15, 0.2) is 23.2 Å². The number of benzene rings is 1. The van der Waals surface area contributed by atoms with Crippen molar-refractivity contribution in [3.8, 4) is 11.5 Å². The summed E-state index contributed by atoms with van der Waals surface area (Å²) in [4.78, 5) is 15.3. The average Bonchev–Trinajstić information content (AvgIpc) is 3.04. The standard InChI is InChI=1S/C18H25NO7S/c1-18(17(22)23)12-27-16(19-18)14-4-3-13(11-15(14)21)26-10-9-25-8-7-24-6-2-5-20/h3-4,11,20-21H,2,5-10,12H2,1H3,(H,22,23)/p-1/t18-/m1/s1. The number of phenolic OH excluding ortho intramolecular Hbond substituents is 1. The number of aliphatic hydroxyl groups excluding tert-OH is 1. The molecule has 0 aliphatic carbocycles. The SMILES string of the molecule is C[C@]1(C(=O)[O-])CSC(c2ccc(OCCOCCOCCCO)cc2O)=N1. The van der Waals surface area contributed by atoms with E-state index in [1.807, 2.05) is 0 Å². The molecule has 1 aliphatic heterocycles. The molecule has 0 bridgehead atoms. The lowest BCUT2D eigenvalue weighted by atomic mass is 10.1. The van der Waals surface area contributed by atoms with Gasteiger partial charge in [-0.25, -0.2) is 0 Å². The van der Waals surface area contributed by atoms with Crippen LogP contribution in [0.2, 0.25) is 0 Å². The highest BCUT2D eigenvalue weighted by molar-refractivity contribution is 8.14. The van der Waals surface area contributed by atoms with E-state index in [9.17, 15) is 15.0 Å². The smallest absolute Gasteiger partial charge is 0.129 e. The number of aliphatic imine (C=N–C) groups is 1. The van der Waals surface area contributed by atoms with E-state index in [2.05, 4.69) is 4.99 Å². The van der Waals surface area contributed by atoms with E-state index in [0.717, 1.165) is 0 Å². The molecule has 2 N–H and O–H groups in total. The van der Waals surface area contributed by atoms with Crippen molar-refractivity contribution in [2.75, 3.05) is 45.4 Å². The maximum atomic E-state index is 11.2. The fourth-order valence-corrected chi connectivity index (χ4v) is 3.42. The number of aliphatic carboxylic acids is 1. The zero-order valence-corrected chi connectivity index (χ0v) is 16.0. The molecule has 0 fully saturated rings. The molecule has 2 rings (SSSR count). The Labute approximate surface area is 162 Å². The summed E-state index contributed by atoms with van der Waals surface area (Å²) >= 11 is 1.27. The number of carbonyl (C=O) groups excluding carboxylic acids is 1. The molecule has 9 heteroatoms. The number of hydrogen-bond acceptors (Lipinski definition) is 9. The van der Waals surface area contributed by atoms with Crippen molar-refractivity contribution in [2.24, 2.45) is 4.99 Å². The third-order valence-corrected chi connectivity index (χ3v) is 5.08. The molecule has 0 amide bonds. The lowest BCUT2D eigenvalue weighted by Gasteiger charge is -2.19. The Hall–Kier alpha value is -1.81. The van der Waals surface area contributed by atoms with Gasteiger partial charge in [0.2, 0.25) is 0 Å². The van der Waals surface area contributed by atoms with Crippen LogP contribution in [0.4, 0.5) is 0 Å². The highest BCUT2D eigenvalue weighted by atomic mass is 32.2. The molecular formula is C18H24NO7S-. The van der Waals surface area contributed by atoms with E-state index in [1.165, 1.54) is 24.8 Å². The van der Waals surface area contributed by atoms with E-state index < -0.39 is 11.5 Å². The number of ether oxygens (including phenoxy) is 3. The number of carboxylic acid groups (broad SMARTS) is 1. The maximum absolute atomic E-state index is 11.2. The first kappa shape index (κ1) is 21.5. The fourth-order valence-electron chi connectivity index (χ4n) is 2.23.